The summed E-state index contributed by atoms with van der Waals surface area (Å²) in [5.74, 6) is 0.586. The Morgan fingerprint density at radius 1 is 1.38 bits per heavy atom. The first-order chi connectivity index (χ1) is 10.0. The van der Waals surface area contributed by atoms with Gasteiger partial charge < -0.3 is 10.6 Å². The third kappa shape index (κ3) is 4.98. The molecule has 0 atom stereocenters. The minimum Gasteiger partial charge on any atom is -0.373 e. The molecule has 1 fully saturated rings. The molecule has 0 radical (unpaired) electrons. The van der Waals surface area contributed by atoms with Crippen molar-refractivity contribution < 1.29 is 13.2 Å². The number of anilines is 1. The lowest BCUT2D eigenvalue weighted by Gasteiger charge is -2.07. The lowest BCUT2D eigenvalue weighted by molar-refractivity contribution is -0.121. The molecule has 0 saturated heterocycles. The molecular weight excluding hydrogens is 292 g/mol. The number of hydrogen-bond donors (Lipinski definition) is 3. The summed E-state index contributed by atoms with van der Waals surface area (Å²) >= 11 is 0. The van der Waals surface area contributed by atoms with E-state index in [-0.39, 0.29) is 17.3 Å². The Kier molecular flexibility index (Phi) is 5.13. The van der Waals surface area contributed by atoms with E-state index in [9.17, 15) is 13.2 Å². The largest absolute Gasteiger partial charge is 0.373 e. The molecule has 8 heteroatoms. The molecule has 0 unspecified atom stereocenters. The first-order valence-electron chi connectivity index (χ1n) is 6.94. The van der Waals surface area contributed by atoms with Gasteiger partial charge in [0.15, 0.2) is 0 Å². The van der Waals surface area contributed by atoms with Crippen molar-refractivity contribution in [3.8, 4) is 0 Å². The second-order valence-electron chi connectivity index (χ2n) is 4.97. The highest BCUT2D eigenvalue weighted by Crippen LogP contribution is 2.18. The van der Waals surface area contributed by atoms with Crippen LogP contribution in [0, 0.1) is 0 Å². The molecule has 1 aromatic rings. The van der Waals surface area contributed by atoms with Crippen molar-refractivity contribution in [3.05, 3.63) is 18.3 Å². The van der Waals surface area contributed by atoms with Crippen LogP contribution in [0.5, 0.6) is 0 Å². The van der Waals surface area contributed by atoms with E-state index in [2.05, 4.69) is 20.3 Å². The Balaban J connectivity index is 1.76. The maximum Gasteiger partial charge on any atom is 0.242 e. The second kappa shape index (κ2) is 6.86. The zero-order chi connectivity index (χ0) is 15.3. The van der Waals surface area contributed by atoms with E-state index in [1.54, 1.807) is 13.1 Å². The Bertz CT molecular complexity index is 582. The maximum atomic E-state index is 12.0. The molecule has 2 rings (SSSR count). The van der Waals surface area contributed by atoms with Gasteiger partial charge >= 0.3 is 0 Å². The highest BCUT2D eigenvalue weighted by Gasteiger charge is 2.22. The highest BCUT2D eigenvalue weighted by atomic mass is 32.2. The maximum absolute atomic E-state index is 12.0. The van der Waals surface area contributed by atoms with E-state index in [1.165, 1.54) is 12.3 Å². The molecule has 1 aromatic heterocycles. The van der Waals surface area contributed by atoms with Crippen molar-refractivity contribution in [1.29, 1.82) is 0 Å². The number of rotatable bonds is 8. The summed E-state index contributed by atoms with van der Waals surface area (Å²) in [4.78, 5) is 15.5. The minimum absolute atomic E-state index is 0.0169. The molecule has 1 aliphatic carbocycles. The predicted molar refractivity (Wildman–Crippen MR) is 79.4 cm³/mol. The fourth-order valence-corrected chi connectivity index (χ4v) is 2.77. The highest BCUT2D eigenvalue weighted by molar-refractivity contribution is 7.89. The third-order valence-electron chi connectivity index (χ3n) is 3.12. The summed E-state index contributed by atoms with van der Waals surface area (Å²) in [6.07, 6.45) is 4.20. The van der Waals surface area contributed by atoms with Gasteiger partial charge in [-0.15, -0.1) is 0 Å². The lowest BCUT2D eigenvalue weighted by Crippen LogP contribution is -2.28. The van der Waals surface area contributed by atoms with Crippen LogP contribution in [0.2, 0.25) is 0 Å². The van der Waals surface area contributed by atoms with Crippen LogP contribution in [0.3, 0.4) is 0 Å². The first kappa shape index (κ1) is 15.7. The standard InChI is InChI=1S/C13H20N4O3S/c1-14-12-7-6-11(9-15-12)21(19,20)16-8-2-3-13(18)17-10-4-5-10/h6-7,9-10,16H,2-5,8H2,1H3,(H,14,15)(H,17,18). The zero-order valence-electron chi connectivity index (χ0n) is 11.9. The molecular formula is C13H20N4O3S. The summed E-state index contributed by atoms with van der Waals surface area (Å²) < 4.78 is 26.5. The van der Waals surface area contributed by atoms with E-state index >= 15 is 0 Å². The SMILES string of the molecule is CNc1ccc(S(=O)(=O)NCCCC(=O)NC2CC2)cn1. The Hall–Kier alpha value is -1.67. The van der Waals surface area contributed by atoms with Crippen LogP contribution in [0.25, 0.3) is 0 Å². The lowest BCUT2D eigenvalue weighted by atomic mass is 10.3. The Morgan fingerprint density at radius 3 is 2.71 bits per heavy atom. The smallest absolute Gasteiger partial charge is 0.242 e. The average Bonchev–Trinajstić information content (AvgIpc) is 3.27. The van der Waals surface area contributed by atoms with Gasteiger partial charge in [-0.3, -0.25) is 4.79 Å². The van der Waals surface area contributed by atoms with Gasteiger partial charge in [-0.25, -0.2) is 18.1 Å². The summed E-state index contributed by atoms with van der Waals surface area (Å²) in [5, 5.41) is 5.68. The molecule has 1 heterocycles. The van der Waals surface area contributed by atoms with Crippen molar-refractivity contribution in [3.63, 3.8) is 0 Å². The average molecular weight is 312 g/mol. The van der Waals surface area contributed by atoms with Crippen LogP contribution < -0.4 is 15.4 Å². The number of amides is 1. The summed E-state index contributed by atoms with van der Waals surface area (Å²) in [6.45, 7) is 0.230. The molecule has 1 aliphatic rings. The number of carbonyl (C=O) groups is 1. The molecule has 1 amide bonds. The predicted octanol–water partition coefficient (Wildman–Crippen LogP) is 0.460. The van der Waals surface area contributed by atoms with Crippen molar-refractivity contribution in [2.45, 2.75) is 36.6 Å². The summed E-state index contributed by atoms with van der Waals surface area (Å²) in [5.41, 5.74) is 0. The van der Waals surface area contributed by atoms with Gasteiger partial charge in [0.05, 0.1) is 0 Å². The van der Waals surface area contributed by atoms with Crippen molar-refractivity contribution in [2.75, 3.05) is 18.9 Å². The van der Waals surface area contributed by atoms with Gasteiger partial charge in [-0.2, -0.15) is 0 Å². The number of hydrogen-bond acceptors (Lipinski definition) is 5. The molecule has 3 N–H and O–H groups in total. The molecule has 0 spiro atoms. The number of nitrogens with zero attached hydrogens (tertiary/aromatic N) is 1. The van der Waals surface area contributed by atoms with Gasteiger partial charge in [0.2, 0.25) is 15.9 Å². The van der Waals surface area contributed by atoms with Crippen LogP contribution in [0.4, 0.5) is 5.82 Å². The fourth-order valence-electron chi connectivity index (χ4n) is 1.75. The number of sulfonamides is 1. The van der Waals surface area contributed by atoms with E-state index in [0.29, 0.717) is 24.7 Å². The zero-order valence-corrected chi connectivity index (χ0v) is 12.7. The second-order valence-corrected chi connectivity index (χ2v) is 6.74. The van der Waals surface area contributed by atoms with Gasteiger partial charge in [0, 0.05) is 32.3 Å². The number of carbonyl (C=O) groups excluding carboxylic acids is 1. The van der Waals surface area contributed by atoms with E-state index in [1.807, 2.05) is 0 Å². The topological polar surface area (TPSA) is 100 Å². The number of nitrogens with one attached hydrogen (secondary N) is 3. The molecule has 0 aliphatic heterocycles. The van der Waals surface area contributed by atoms with Crippen LogP contribution in [0.15, 0.2) is 23.2 Å². The van der Waals surface area contributed by atoms with Crippen LogP contribution in [-0.2, 0) is 14.8 Å². The molecule has 1 saturated carbocycles. The Labute approximate surface area is 124 Å². The number of pyridine rings is 1. The fraction of sp³-hybridized carbons (Fsp3) is 0.538. The number of aromatic nitrogens is 1. The molecule has 0 bridgehead atoms. The van der Waals surface area contributed by atoms with Crippen molar-refractivity contribution in [1.82, 2.24) is 15.0 Å². The Morgan fingerprint density at radius 2 is 2.14 bits per heavy atom. The quantitative estimate of drug-likeness (QED) is 0.606. The van der Waals surface area contributed by atoms with Crippen molar-refractivity contribution >= 4 is 21.7 Å². The van der Waals surface area contributed by atoms with Crippen molar-refractivity contribution in [2.24, 2.45) is 0 Å². The van der Waals surface area contributed by atoms with Crippen LogP contribution in [-0.4, -0.2) is 38.9 Å². The normalized spacial score (nSPS) is 14.7. The summed E-state index contributed by atoms with van der Waals surface area (Å²) in [7, 11) is -1.86. The minimum atomic E-state index is -3.57. The van der Waals surface area contributed by atoms with E-state index in [4.69, 9.17) is 0 Å². The van der Waals surface area contributed by atoms with E-state index in [0.717, 1.165) is 12.8 Å². The van der Waals surface area contributed by atoms with Crippen LogP contribution >= 0.6 is 0 Å². The third-order valence-corrected chi connectivity index (χ3v) is 4.56. The van der Waals surface area contributed by atoms with Gasteiger partial charge in [0.25, 0.3) is 0 Å². The summed E-state index contributed by atoms with van der Waals surface area (Å²) in [6, 6.07) is 3.42. The first-order valence-corrected chi connectivity index (χ1v) is 8.42. The van der Waals surface area contributed by atoms with Crippen LogP contribution in [0.1, 0.15) is 25.7 Å². The monoisotopic (exact) mass is 312 g/mol. The van der Waals surface area contributed by atoms with Gasteiger partial charge in [-0.1, -0.05) is 0 Å². The van der Waals surface area contributed by atoms with Gasteiger partial charge in [0.1, 0.15) is 10.7 Å². The molecule has 21 heavy (non-hydrogen) atoms. The van der Waals surface area contributed by atoms with E-state index < -0.39 is 10.0 Å². The molecule has 7 nitrogen and oxygen atoms in total. The molecule has 116 valence electrons. The van der Waals surface area contributed by atoms with Gasteiger partial charge in [-0.05, 0) is 31.4 Å². The molecule has 0 aromatic carbocycles.